The van der Waals surface area contributed by atoms with Gasteiger partial charge in [-0.1, -0.05) is 37.7 Å². The lowest BCUT2D eigenvalue weighted by atomic mass is 10.1. The Morgan fingerprint density at radius 2 is 2.21 bits per heavy atom. The van der Waals surface area contributed by atoms with E-state index in [9.17, 15) is 4.79 Å². The summed E-state index contributed by atoms with van der Waals surface area (Å²) in [5, 5.41) is 17.3. The monoisotopic (exact) mass is 278 g/mol. The zero-order chi connectivity index (χ0) is 13.8. The van der Waals surface area contributed by atoms with Crippen molar-refractivity contribution >= 4 is 17.7 Å². The Balaban J connectivity index is 2.01. The molecule has 0 aliphatic carbocycles. The molecule has 0 unspecified atom stereocenters. The summed E-state index contributed by atoms with van der Waals surface area (Å²) in [6.07, 6.45) is 0. The first-order chi connectivity index (χ1) is 9.06. The topological polar surface area (TPSA) is 76.2 Å². The molecule has 0 bridgehead atoms. The third-order valence-corrected chi connectivity index (χ3v) is 3.34. The average molecular weight is 278 g/mol. The molecular weight excluding hydrogens is 264 g/mol. The van der Waals surface area contributed by atoms with Gasteiger partial charge >= 0.3 is 5.97 Å². The van der Waals surface area contributed by atoms with Gasteiger partial charge in [-0.2, -0.15) is 0 Å². The van der Waals surface area contributed by atoms with Crippen LogP contribution in [0.3, 0.4) is 0 Å². The van der Waals surface area contributed by atoms with Gasteiger partial charge in [0.05, 0.1) is 5.56 Å². The lowest BCUT2D eigenvalue weighted by Crippen LogP contribution is -1.96. The van der Waals surface area contributed by atoms with Gasteiger partial charge in [0.2, 0.25) is 5.89 Å². The van der Waals surface area contributed by atoms with Crippen LogP contribution in [0, 0.1) is 0 Å². The molecular formula is C13H14N2O3S. The third-order valence-electron chi connectivity index (χ3n) is 2.45. The molecule has 6 heteroatoms. The lowest BCUT2D eigenvalue weighted by Gasteiger charge is -2.00. The number of hydrogen-bond donors (Lipinski definition) is 1. The van der Waals surface area contributed by atoms with Gasteiger partial charge in [0.25, 0.3) is 5.22 Å². The number of benzene rings is 1. The van der Waals surface area contributed by atoms with Crippen molar-refractivity contribution in [2.75, 3.05) is 0 Å². The van der Waals surface area contributed by atoms with Crippen LogP contribution in [0.15, 0.2) is 33.9 Å². The van der Waals surface area contributed by atoms with Gasteiger partial charge in [-0.3, -0.25) is 0 Å². The maximum Gasteiger partial charge on any atom is 0.335 e. The molecule has 0 aliphatic rings. The number of aromatic nitrogens is 2. The zero-order valence-electron chi connectivity index (χ0n) is 10.7. The smallest absolute Gasteiger partial charge is 0.335 e. The molecule has 0 radical (unpaired) electrons. The molecule has 2 rings (SSSR count). The zero-order valence-corrected chi connectivity index (χ0v) is 11.5. The fraction of sp³-hybridized carbons (Fsp3) is 0.308. The van der Waals surface area contributed by atoms with Crippen LogP contribution in [0.2, 0.25) is 0 Å². The van der Waals surface area contributed by atoms with E-state index in [0.29, 0.717) is 16.9 Å². The predicted octanol–water partition coefficient (Wildman–Crippen LogP) is 3.18. The van der Waals surface area contributed by atoms with Crippen molar-refractivity contribution in [2.24, 2.45) is 0 Å². The van der Waals surface area contributed by atoms with E-state index in [-0.39, 0.29) is 11.5 Å². The van der Waals surface area contributed by atoms with Crippen molar-refractivity contribution in [3.8, 4) is 0 Å². The summed E-state index contributed by atoms with van der Waals surface area (Å²) in [6.45, 7) is 3.97. The first-order valence-corrected chi connectivity index (χ1v) is 6.83. The number of carbonyl (C=O) groups is 1. The van der Waals surface area contributed by atoms with Crippen LogP contribution in [0.5, 0.6) is 0 Å². The third kappa shape index (κ3) is 3.57. The molecule has 0 fully saturated rings. The van der Waals surface area contributed by atoms with Crippen molar-refractivity contribution in [3.63, 3.8) is 0 Å². The summed E-state index contributed by atoms with van der Waals surface area (Å²) in [7, 11) is 0. The first kappa shape index (κ1) is 13.6. The number of carboxylic acids is 1. The van der Waals surface area contributed by atoms with Gasteiger partial charge in [0.1, 0.15) is 0 Å². The molecule has 1 heterocycles. The van der Waals surface area contributed by atoms with E-state index < -0.39 is 5.97 Å². The fourth-order valence-corrected chi connectivity index (χ4v) is 2.16. The quantitative estimate of drug-likeness (QED) is 0.846. The molecule has 1 N–H and O–H groups in total. The highest BCUT2D eigenvalue weighted by atomic mass is 32.2. The standard InChI is InChI=1S/C13H14N2O3S/c1-8(2)11-14-15-13(18-11)19-7-9-4-3-5-10(6-9)12(16)17/h3-6,8H,7H2,1-2H3,(H,16,17). The molecule has 5 nitrogen and oxygen atoms in total. The second-order valence-corrected chi connectivity index (χ2v) is 5.28. The van der Waals surface area contributed by atoms with Gasteiger partial charge in [-0.25, -0.2) is 4.79 Å². The Kier molecular flexibility index (Phi) is 4.21. The number of nitrogens with zero attached hydrogens (tertiary/aromatic N) is 2. The Morgan fingerprint density at radius 3 is 2.84 bits per heavy atom. The molecule has 0 saturated carbocycles. The van der Waals surface area contributed by atoms with Crippen molar-refractivity contribution in [1.82, 2.24) is 10.2 Å². The number of carboxylic acid groups (broad SMARTS) is 1. The van der Waals surface area contributed by atoms with Crippen LogP contribution < -0.4 is 0 Å². The minimum Gasteiger partial charge on any atom is -0.478 e. The molecule has 1 aromatic heterocycles. The van der Waals surface area contributed by atoms with Crippen molar-refractivity contribution < 1.29 is 14.3 Å². The number of aromatic carboxylic acids is 1. The summed E-state index contributed by atoms with van der Waals surface area (Å²) in [5.74, 6) is 0.492. The van der Waals surface area contributed by atoms with Gasteiger partial charge in [0, 0.05) is 11.7 Å². The van der Waals surface area contributed by atoms with E-state index in [1.54, 1.807) is 18.2 Å². The molecule has 2 aromatic rings. The Morgan fingerprint density at radius 1 is 1.42 bits per heavy atom. The molecule has 0 spiro atoms. The van der Waals surface area contributed by atoms with Crippen LogP contribution >= 0.6 is 11.8 Å². The summed E-state index contributed by atoms with van der Waals surface area (Å²) in [4.78, 5) is 10.9. The SMILES string of the molecule is CC(C)c1nnc(SCc2cccc(C(=O)O)c2)o1. The van der Waals surface area contributed by atoms with E-state index in [1.807, 2.05) is 19.9 Å². The van der Waals surface area contributed by atoms with Crippen molar-refractivity contribution in [3.05, 3.63) is 41.3 Å². The maximum atomic E-state index is 10.9. The highest BCUT2D eigenvalue weighted by Crippen LogP contribution is 2.24. The van der Waals surface area contributed by atoms with E-state index in [1.165, 1.54) is 11.8 Å². The molecule has 0 amide bonds. The average Bonchev–Trinajstić information content (AvgIpc) is 2.85. The second-order valence-electron chi connectivity index (χ2n) is 4.36. The minimum atomic E-state index is -0.924. The highest BCUT2D eigenvalue weighted by molar-refractivity contribution is 7.98. The number of hydrogen-bond acceptors (Lipinski definition) is 5. The maximum absolute atomic E-state index is 10.9. The van der Waals surface area contributed by atoms with Crippen LogP contribution in [-0.2, 0) is 5.75 Å². The number of thioether (sulfide) groups is 1. The van der Waals surface area contributed by atoms with Crippen LogP contribution in [-0.4, -0.2) is 21.3 Å². The minimum absolute atomic E-state index is 0.206. The predicted molar refractivity (Wildman–Crippen MR) is 71.3 cm³/mol. The van der Waals surface area contributed by atoms with E-state index in [2.05, 4.69) is 10.2 Å². The lowest BCUT2D eigenvalue weighted by molar-refractivity contribution is 0.0697. The van der Waals surface area contributed by atoms with Gasteiger partial charge in [-0.15, -0.1) is 10.2 Å². The van der Waals surface area contributed by atoms with Gasteiger partial charge in [0.15, 0.2) is 0 Å². The first-order valence-electron chi connectivity index (χ1n) is 5.84. The second kappa shape index (κ2) is 5.88. The summed E-state index contributed by atoms with van der Waals surface area (Å²) >= 11 is 1.40. The Bertz CT molecular complexity index is 581. The molecule has 0 atom stereocenters. The fourth-order valence-electron chi connectivity index (χ4n) is 1.45. The van der Waals surface area contributed by atoms with E-state index in [4.69, 9.17) is 9.52 Å². The van der Waals surface area contributed by atoms with Gasteiger partial charge in [-0.05, 0) is 17.7 Å². The van der Waals surface area contributed by atoms with Crippen LogP contribution in [0.4, 0.5) is 0 Å². The summed E-state index contributed by atoms with van der Waals surface area (Å²) in [6, 6.07) is 6.82. The largest absolute Gasteiger partial charge is 0.478 e. The highest BCUT2D eigenvalue weighted by Gasteiger charge is 2.10. The molecule has 0 saturated heterocycles. The Hall–Kier alpha value is -1.82. The van der Waals surface area contributed by atoms with Crippen LogP contribution in [0.1, 0.15) is 41.6 Å². The molecule has 100 valence electrons. The molecule has 1 aromatic carbocycles. The molecule has 0 aliphatic heterocycles. The van der Waals surface area contributed by atoms with Crippen molar-refractivity contribution in [2.45, 2.75) is 30.7 Å². The van der Waals surface area contributed by atoms with E-state index >= 15 is 0 Å². The van der Waals surface area contributed by atoms with E-state index in [0.717, 1.165) is 5.56 Å². The molecule has 19 heavy (non-hydrogen) atoms. The van der Waals surface area contributed by atoms with Gasteiger partial charge < -0.3 is 9.52 Å². The van der Waals surface area contributed by atoms with Crippen LogP contribution in [0.25, 0.3) is 0 Å². The summed E-state index contributed by atoms with van der Waals surface area (Å²) < 4.78 is 5.47. The number of rotatable bonds is 5. The van der Waals surface area contributed by atoms with Crippen molar-refractivity contribution in [1.29, 1.82) is 0 Å². The summed E-state index contributed by atoms with van der Waals surface area (Å²) in [5.41, 5.74) is 1.20. The Labute approximate surface area is 115 Å². The normalized spacial score (nSPS) is 10.9.